The molecular formula is C13H21N3O. The molecule has 0 aliphatic carbocycles. The fourth-order valence-electron chi connectivity index (χ4n) is 1.82. The van der Waals surface area contributed by atoms with Crippen molar-refractivity contribution < 1.29 is 4.79 Å². The van der Waals surface area contributed by atoms with Crippen LogP contribution >= 0.6 is 0 Å². The zero-order chi connectivity index (χ0) is 12.8. The maximum atomic E-state index is 11.2. The summed E-state index contributed by atoms with van der Waals surface area (Å²) in [7, 11) is 1.98. The molecule has 0 spiro atoms. The van der Waals surface area contributed by atoms with Crippen LogP contribution in [0, 0.1) is 0 Å². The van der Waals surface area contributed by atoms with Crippen molar-refractivity contribution in [3.05, 3.63) is 23.8 Å². The van der Waals surface area contributed by atoms with E-state index in [1.807, 2.05) is 19.2 Å². The van der Waals surface area contributed by atoms with Crippen molar-refractivity contribution in [3.8, 4) is 0 Å². The van der Waals surface area contributed by atoms with Gasteiger partial charge in [0.05, 0.1) is 16.9 Å². The van der Waals surface area contributed by atoms with Crippen molar-refractivity contribution >= 4 is 17.3 Å². The summed E-state index contributed by atoms with van der Waals surface area (Å²) in [4.78, 5) is 13.2. The van der Waals surface area contributed by atoms with Crippen LogP contribution in [0.2, 0.25) is 0 Å². The number of primary amides is 1. The largest absolute Gasteiger partial charge is 0.396 e. The highest BCUT2D eigenvalue weighted by molar-refractivity contribution is 6.00. The smallest absolute Gasteiger partial charge is 0.250 e. The molecule has 0 saturated carbocycles. The molecule has 0 fully saturated rings. The minimum Gasteiger partial charge on any atom is -0.396 e. The number of nitrogens with zero attached hydrogens (tertiary/aromatic N) is 1. The van der Waals surface area contributed by atoms with Crippen LogP contribution in [0.3, 0.4) is 0 Å². The number of anilines is 2. The number of nitrogen functional groups attached to an aromatic ring is 1. The first-order valence-corrected chi connectivity index (χ1v) is 5.97. The zero-order valence-corrected chi connectivity index (χ0v) is 10.6. The highest BCUT2D eigenvalue weighted by Gasteiger charge is 2.11. The average Bonchev–Trinajstić information content (AvgIpc) is 2.29. The van der Waals surface area contributed by atoms with Crippen LogP contribution in [0.5, 0.6) is 0 Å². The van der Waals surface area contributed by atoms with E-state index in [0.29, 0.717) is 11.3 Å². The first kappa shape index (κ1) is 13.4. The molecule has 1 rings (SSSR count). The highest BCUT2D eigenvalue weighted by atomic mass is 16.1. The van der Waals surface area contributed by atoms with Crippen LogP contribution < -0.4 is 16.4 Å². The summed E-state index contributed by atoms with van der Waals surface area (Å²) in [5.41, 5.74) is 13.0. The van der Waals surface area contributed by atoms with Gasteiger partial charge < -0.3 is 16.4 Å². The summed E-state index contributed by atoms with van der Waals surface area (Å²) in [6.45, 7) is 3.10. The van der Waals surface area contributed by atoms with Gasteiger partial charge >= 0.3 is 0 Å². The molecule has 0 aliphatic heterocycles. The molecule has 1 aromatic carbocycles. The van der Waals surface area contributed by atoms with Crippen LogP contribution in [0.1, 0.15) is 36.5 Å². The second kappa shape index (κ2) is 6.13. The number of unbranched alkanes of at least 4 members (excludes halogenated alkanes) is 2. The number of hydrogen-bond acceptors (Lipinski definition) is 3. The molecule has 94 valence electrons. The number of nitrogens with two attached hydrogens (primary N) is 2. The van der Waals surface area contributed by atoms with Crippen molar-refractivity contribution in [2.75, 3.05) is 24.2 Å². The Kier molecular flexibility index (Phi) is 4.82. The third kappa shape index (κ3) is 3.37. The summed E-state index contributed by atoms with van der Waals surface area (Å²) < 4.78 is 0. The van der Waals surface area contributed by atoms with Crippen LogP contribution in [0.15, 0.2) is 18.2 Å². The normalized spacial score (nSPS) is 10.2. The predicted octanol–water partition coefficient (Wildman–Crippen LogP) is 1.99. The van der Waals surface area contributed by atoms with E-state index in [0.717, 1.165) is 18.7 Å². The molecule has 0 aliphatic rings. The van der Waals surface area contributed by atoms with E-state index in [1.54, 1.807) is 6.07 Å². The molecule has 1 aromatic rings. The first-order valence-electron chi connectivity index (χ1n) is 5.97. The van der Waals surface area contributed by atoms with Crippen LogP contribution in [0.25, 0.3) is 0 Å². The van der Waals surface area contributed by atoms with Gasteiger partial charge in [0.15, 0.2) is 0 Å². The Labute approximate surface area is 103 Å². The van der Waals surface area contributed by atoms with Gasteiger partial charge in [-0.3, -0.25) is 4.79 Å². The van der Waals surface area contributed by atoms with E-state index in [-0.39, 0.29) is 0 Å². The Hall–Kier alpha value is -1.71. The van der Waals surface area contributed by atoms with E-state index in [9.17, 15) is 4.79 Å². The highest BCUT2D eigenvalue weighted by Crippen LogP contribution is 2.25. The third-order valence-corrected chi connectivity index (χ3v) is 2.86. The number of hydrogen-bond donors (Lipinski definition) is 2. The molecule has 4 N–H and O–H groups in total. The maximum Gasteiger partial charge on any atom is 0.250 e. The lowest BCUT2D eigenvalue weighted by atomic mass is 10.1. The Morgan fingerprint density at radius 3 is 2.65 bits per heavy atom. The van der Waals surface area contributed by atoms with Gasteiger partial charge in [-0.15, -0.1) is 0 Å². The monoisotopic (exact) mass is 235 g/mol. The topological polar surface area (TPSA) is 72.3 Å². The number of amides is 1. The zero-order valence-electron chi connectivity index (χ0n) is 10.6. The standard InChI is InChI=1S/C13H21N3O/c1-3-4-5-9-16(2)11-8-6-7-10(12(11)14)13(15)17/h6-8H,3-5,9,14H2,1-2H3,(H2,15,17). The summed E-state index contributed by atoms with van der Waals surface area (Å²) in [5, 5.41) is 0. The minimum atomic E-state index is -0.480. The quantitative estimate of drug-likeness (QED) is 0.585. The number of carbonyl (C=O) groups excluding carboxylic acids is 1. The van der Waals surface area contributed by atoms with Crippen molar-refractivity contribution in [2.24, 2.45) is 5.73 Å². The summed E-state index contributed by atoms with van der Waals surface area (Å²) in [6, 6.07) is 5.37. The van der Waals surface area contributed by atoms with Gasteiger partial charge in [-0.2, -0.15) is 0 Å². The Bertz CT molecular complexity index is 390. The van der Waals surface area contributed by atoms with Crippen molar-refractivity contribution in [2.45, 2.75) is 26.2 Å². The Balaban J connectivity index is 2.83. The molecule has 0 radical (unpaired) electrons. The molecule has 0 saturated heterocycles. The number of carbonyl (C=O) groups is 1. The van der Waals surface area contributed by atoms with Crippen molar-refractivity contribution in [3.63, 3.8) is 0 Å². The molecule has 0 unspecified atom stereocenters. The molecule has 0 bridgehead atoms. The molecule has 4 nitrogen and oxygen atoms in total. The third-order valence-electron chi connectivity index (χ3n) is 2.86. The second-order valence-corrected chi connectivity index (χ2v) is 4.23. The molecule has 0 atom stereocenters. The van der Waals surface area contributed by atoms with Gasteiger partial charge in [0.25, 0.3) is 5.91 Å². The summed E-state index contributed by atoms with van der Waals surface area (Å²) >= 11 is 0. The average molecular weight is 235 g/mol. The van der Waals surface area contributed by atoms with E-state index in [1.165, 1.54) is 12.8 Å². The van der Waals surface area contributed by atoms with Crippen molar-refractivity contribution in [1.29, 1.82) is 0 Å². The Morgan fingerprint density at radius 2 is 2.06 bits per heavy atom. The van der Waals surface area contributed by atoms with Gasteiger partial charge in [0.1, 0.15) is 0 Å². The minimum absolute atomic E-state index is 0.393. The first-order chi connectivity index (χ1) is 8.07. The van der Waals surface area contributed by atoms with Gasteiger partial charge in [-0.05, 0) is 18.6 Å². The fraction of sp³-hybridized carbons (Fsp3) is 0.462. The van der Waals surface area contributed by atoms with Gasteiger partial charge in [-0.25, -0.2) is 0 Å². The molecule has 1 amide bonds. The SMILES string of the molecule is CCCCCN(C)c1cccc(C(N)=O)c1N. The maximum absolute atomic E-state index is 11.2. The molecule has 0 heterocycles. The van der Waals surface area contributed by atoms with Crippen LogP contribution in [0.4, 0.5) is 11.4 Å². The molecular weight excluding hydrogens is 214 g/mol. The van der Waals surface area contributed by atoms with Crippen LogP contribution in [-0.2, 0) is 0 Å². The van der Waals surface area contributed by atoms with Gasteiger partial charge in [0, 0.05) is 13.6 Å². The molecule has 4 heteroatoms. The predicted molar refractivity (Wildman–Crippen MR) is 72.2 cm³/mol. The lowest BCUT2D eigenvalue weighted by Gasteiger charge is -2.21. The van der Waals surface area contributed by atoms with Gasteiger partial charge in [-0.1, -0.05) is 25.8 Å². The molecule has 0 aromatic heterocycles. The summed E-state index contributed by atoms with van der Waals surface area (Å²) in [5.74, 6) is -0.480. The lowest BCUT2D eigenvalue weighted by Crippen LogP contribution is -2.22. The van der Waals surface area contributed by atoms with Gasteiger partial charge in [0.2, 0.25) is 0 Å². The fourth-order valence-corrected chi connectivity index (χ4v) is 1.82. The second-order valence-electron chi connectivity index (χ2n) is 4.23. The number of rotatable bonds is 6. The van der Waals surface area contributed by atoms with Crippen LogP contribution in [-0.4, -0.2) is 19.5 Å². The van der Waals surface area contributed by atoms with E-state index in [4.69, 9.17) is 11.5 Å². The van der Waals surface area contributed by atoms with E-state index < -0.39 is 5.91 Å². The molecule has 17 heavy (non-hydrogen) atoms. The summed E-state index contributed by atoms with van der Waals surface area (Å²) in [6.07, 6.45) is 3.50. The number of benzene rings is 1. The number of para-hydroxylation sites is 1. The van der Waals surface area contributed by atoms with E-state index in [2.05, 4.69) is 11.8 Å². The Morgan fingerprint density at radius 1 is 1.35 bits per heavy atom. The van der Waals surface area contributed by atoms with Crippen molar-refractivity contribution in [1.82, 2.24) is 0 Å². The lowest BCUT2D eigenvalue weighted by molar-refractivity contribution is 0.100. The van der Waals surface area contributed by atoms with E-state index >= 15 is 0 Å².